The number of phenols is 2. The van der Waals surface area contributed by atoms with Gasteiger partial charge < -0.3 is 10.2 Å². The first-order valence-electron chi connectivity index (χ1n) is 7.30. The SMILES string of the molecule is Oc1c(Cl)ccc2ccccc12.Oc1ccc(Cl)c2ccccc12. The highest BCUT2D eigenvalue weighted by molar-refractivity contribution is 6.35. The molecule has 4 rings (SSSR count). The summed E-state index contributed by atoms with van der Waals surface area (Å²) in [7, 11) is 0. The van der Waals surface area contributed by atoms with Crippen molar-refractivity contribution in [3.8, 4) is 11.5 Å². The monoisotopic (exact) mass is 356 g/mol. The molecule has 0 aliphatic rings. The Morgan fingerprint density at radius 3 is 1.83 bits per heavy atom. The molecule has 2 nitrogen and oxygen atoms in total. The normalized spacial score (nSPS) is 10.4. The minimum absolute atomic E-state index is 0.162. The van der Waals surface area contributed by atoms with Gasteiger partial charge in [0, 0.05) is 21.2 Å². The Balaban J connectivity index is 0.000000141. The van der Waals surface area contributed by atoms with E-state index < -0.39 is 0 Å². The van der Waals surface area contributed by atoms with Crippen LogP contribution in [0.4, 0.5) is 0 Å². The highest BCUT2D eigenvalue weighted by atomic mass is 35.5. The van der Waals surface area contributed by atoms with Gasteiger partial charge in [-0.2, -0.15) is 0 Å². The molecule has 0 atom stereocenters. The topological polar surface area (TPSA) is 40.5 Å². The summed E-state index contributed by atoms with van der Waals surface area (Å²) < 4.78 is 0. The van der Waals surface area contributed by atoms with E-state index in [0.29, 0.717) is 10.0 Å². The molecule has 4 aromatic carbocycles. The van der Waals surface area contributed by atoms with Crippen LogP contribution in [-0.2, 0) is 0 Å². The van der Waals surface area contributed by atoms with Crippen molar-refractivity contribution in [2.45, 2.75) is 0 Å². The molecule has 0 amide bonds. The lowest BCUT2D eigenvalue weighted by Gasteiger charge is -2.01. The Hall–Kier alpha value is -2.42. The van der Waals surface area contributed by atoms with Crippen molar-refractivity contribution in [1.29, 1.82) is 0 Å². The van der Waals surface area contributed by atoms with E-state index in [9.17, 15) is 10.2 Å². The number of aromatic hydroxyl groups is 2. The maximum absolute atomic E-state index is 9.53. The number of halogens is 2. The zero-order valence-corrected chi connectivity index (χ0v) is 14.1. The average molecular weight is 357 g/mol. The molecule has 24 heavy (non-hydrogen) atoms. The maximum Gasteiger partial charge on any atom is 0.141 e. The van der Waals surface area contributed by atoms with Crippen molar-refractivity contribution in [3.05, 3.63) is 82.8 Å². The standard InChI is InChI=1S/2C10H7ClO/c11-9-5-6-10(12)8-4-2-1-3-7(8)9;11-9-6-5-7-3-1-2-4-8(7)10(9)12/h2*1-6,12H. The molecule has 4 heteroatoms. The van der Waals surface area contributed by atoms with Gasteiger partial charge in [0.05, 0.1) is 5.02 Å². The van der Waals surface area contributed by atoms with E-state index in [2.05, 4.69) is 0 Å². The molecule has 0 spiro atoms. The van der Waals surface area contributed by atoms with Gasteiger partial charge >= 0.3 is 0 Å². The first kappa shape index (κ1) is 16.4. The fraction of sp³-hybridized carbons (Fsp3) is 0. The van der Waals surface area contributed by atoms with Crippen molar-refractivity contribution >= 4 is 44.7 Å². The van der Waals surface area contributed by atoms with Gasteiger partial charge in [0.1, 0.15) is 11.5 Å². The Morgan fingerprint density at radius 1 is 0.542 bits per heavy atom. The molecule has 0 aromatic heterocycles. The molecule has 0 heterocycles. The van der Waals surface area contributed by atoms with Crippen LogP contribution in [-0.4, -0.2) is 10.2 Å². The van der Waals surface area contributed by atoms with Crippen LogP contribution in [0.15, 0.2) is 72.8 Å². The molecule has 0 aliphatic heterocycles. The smallest absolute Gasteiger partial charge is 0.141 e. The minimum atomic E-state index is 0.162. The van der Waals surface area contributed by atoms with Crippen molar-refractivity contribution < 1.29 is 10.2 Å². The van der Waals surface area contributed by atoms with Crippen LogP contribution in [0.5, 0.6) is 11.5 Å². The van der Waals surface area contributed by atoms with Gasteiger partial charge in [0.2, 0.25) is 0 Å². The van der Waals surface area contributed by atoms with Gasteiger partial charge in [0.25, 0.3) is 0 Å². The summed E-state index contributed by atoms with van der Waals surface area (Å²) in [4.78, 5) is 0. The van der Waals surface area contributed by atoms with Crippen LogP contribution < -0.4 is 0 Å². The van der Waals surface area contributed by atoms with Crippen molar-refractivity contribution in [2.24, 2.45) is 0 Å². The number of hydrogen-bond donors (Lipinski definition) is 2. The van der Waals surface area contributed by atoms with E-state index in [1.54, 1.807) is 18.2 Å². The van der Waals surface area contributed by atoms with E-state index in [1.165, 1.54) is 0 Å². The summed E-state index contributed by atoms with van der Waals surface area (Å²) in [5, 5.41) is 23.5. The fourth-order valence-electron chi connectivity index (χ4n) is 2.47. The van der Waals surface area contributed by atoms with Gasteiger partial charge in [-0.3, -0.25) is 0 Å². The third-order valence-electron chi connectivity index (χ3n) is 3.70. The molecule has 0 bridgehead atoms. The zero-order valence-electron chi connectivity index (χ0n) is 12.6. The molecule has 0 unspecified atom stereocenters. The molecular formula is C20H14Cl2O2. The molecule has 0 saturated carbocycles. The molecule has 0 aliphatic carbocycles. The van der Waals surface area contributed by atoms with E-state index in [-0.39, 0.29) is 11.5 Å². The Kier molecular flexibility index (Phi) is 4.79. The summed E-state index contributed by atoms with van der Waals surface area (Å²) in [6.45, 7) is 0. The molecule has 0 saturated heterocycles. The summed E-state index contributed by atoms with van der Waals surface area (Å²) in [6, 6.07) is 22.0. The number of hydrogen-bond acceptors (Lipinski definition) is 2. The van der Waals surface area contributed by atoms with Crippen molar-refractivity contribution in [1.82, 2.24) is 0 Å². The first-order chi connectivity index (χ1) is 11.6. The van der Waals surface area contributed by atoms with Crippen LogP contribution in [0.1, 0.15) is 0 Å². The molecule has 2 N–H and O–H groups in total. The van der Waals surface area contributed by atoms with Crippen molar-refractivity contribution in [3.63, 3.8) is 0 Å². The fourth-order valence-corrected chi connectivity index (χ4v) is 2.87. The highest BCUT2D eigenvalue weighted by Crippen LogP contribution is 2.31. The molecular weight excluding hydrogens is 343 g/mol. The Labute approximate surface area is 149 Å². The third-order valence-corrected chi connectivity index (χ3v) is 4.33. The number of benzene rings is 4. The Morgan fingerprint density at radius 2 is 1.12 bits per heavy atom. The molecule has 0 radical (unpaired) electrons. The number of phenolic OH excluding ortho intramolecular Hbond substituents is 2. The highest BCUT2D eigenvalue weighted by Gasteiger charge is 2.02. The molecule has 4 aromatic rings. The van der Waals surface area contributed by atoms with Gasteiger partial charge in [-0.25, -0.2) is 0 Å². The van der Waals surface area contributed by atoms with E-state index in [4.69, 9.17) is 23.2 Å². The predicted molar refractivity (Wildman–Crippen MR) is 101 cm³/mol. The lowest BCUT2D eigenvalue weighted by atomic mass is 10.1. The second-order valence-corrected chi connectivity index (χ2v) is 6.04. The van der Waals surface area contributed by atoms with Crippen LogP contribution in [0.2, 0.25) is 10.0 Å². The van der Waals surface area contributed by atoms with Crippen LogP contribution >= 0.6 is 23.2 Å². The van der Waals surface area contributed by atoms with Crippen LogP contribution in [0, 0.1) is 0 Å². The second kappa shape index (κ2) is 7.00. The van der Waals surface area contributed by atoms with Gasteiger partial charge in [-0.05, 0) is 23.6 Å². The number of fused-ring (bicyclic) bond motifs is 2. The van der Waals surface area contributed by atoms with Crippen molar-refractivity contribution in [2.75, 3.05) is 0 Å². The van der Waals surface area contributed by atoms with Gasteiger partial charge in [-0.15, -0.1) is 0 Å². The third kappa shape index (κ3) is 3.25. The lowest BCUT2D eigenvalue weighted by Crippen LogP contribution is -1.74. The summed E-state index contributed by atoms with van der Waals surface area (Å²) in [6.07, 6.45) is 0. The second-order valence-electron chi connectivity index (χ2n) is 5.23. The number of rotatable bonds is 0. The predicted octanol–water partition coefficient (Wildman–Crippen LogP) is 6.40. The van der Waals surface area contributed by atoms with Gasteiger partial charge in [0.15, 0.2) is 0 Å². The average Bonchev–Trinajstić information content (AvgIpc) is 2.62. The largest absolute Gasteiger partial charge is 0.507 e. The van der Waals surface area contributed by atoms with Gasteiger partial charge in [-0.1, -0.05) is 77.8 Å². The van der Waals surface area contributed by atoms with Crippen LogP contribution in [0.25, 0.3) is 21.5 Å². The summed E-state index contributed by atoms with van der Waals surface area (Å²) >= 11 is 11.7. The van der Waals surface area contributed by atoms with E-state index in [1.807, 2.05) is 54.6 Å². The molecule has 120 valence electrons. The quantitative estimate of drug-likeness (QED) is 0.382. The minimum Gasteiger partial charge on any atom is -0.507 e. The summed E-state index contributed by atoms with van der Waals surface area (Å²) in [5.74, 6) is 0.435. The van der Waals surface area contributed by atoms with E-state index in [0.717, 1.165) is 21.5 Å². The first-order valence-corrected chi connectivity index (χ1v) is 8.06. The lowest BCUT2D eigenvalue weighted by molar-refractivity contribution is 0.481. The van der Waals surface area contributed by atoms with E-state index >= 15 is 0 Å². The Bertz CT molecular complexity index is 964. The zero-order chi connectivity index (χ0) is 17.1. The summed E-state index contributed by atoms with van der Waals surface area (Å²) in [5.41, 5.74) is 0. The molecule has 0 fully saturated rings. The van der Waals surface area contributed by atoms with Crippen LogP contribution in [0.3, 0.4) is 0 Å². The maximum atomic E-state index is 9.53.